The van der Waals surface area contributed by atoms with Crippen molar-refractivity contribution in [3.05, 3.63) is 33.2 Å². The van der Waals surface area contributed by atoms with Gasteiger partial charge in [-0.1, -0.05) is 17.7 Å². The monoisotopic (exact) mass is 244 g/mol. The summed E-state index contributed by atoms with van der Waals surface area (Å²) in [5.41, 5.74) is 4.28. The number of amides is 1. The zero-order valence-corrected chi connectivity index (χ0v) is 9.80. The summed E-state index contributed by atoms with van der Waals surface area (Å²) in [6.07, 6.45) is -0.599. The molecule has 1 rings (SSSR count). The Bertz CT molecular complexity index is 454. The molecule has 0 saturated heterocycles. The average Bonchev–Trinajstić information content (AvgIpc) is 2.07. The zero-order valence-electron chi connectivity index (χ0n) is 9.04. The van der Waals surface area contributed by atoms with Crippen molar-refractivity contribution >= 4 is 17.7 Å². The lowest BCUT2D eigenvalue weighted by Gasteiger charge is -2.23. The highest BCUT2D eigenvalue weighted by Crippen LogP contribution is 2.15. The summed E-state index contributed by atoms with van der Waals surface area (Å²) in [4.78, 5) is 24.6. The number of carbonyl (C=O) groups is 1. The van der Waals surface area contributed by atoms with Gasteiger partial charge >= 0.3 is 6.09 Å². The van der Waals surface area contributed by atoms with Crippen LogP contribution in [0.25, 0.3) is 0 Å². The van der Waals surface area contributed by atoms with E-state index in [-0.39, 0.29) is 17.1 Å². The standard InChI is InChI=1S/C10H13ClN2O3/c1-10(2,16-9(12)15)5-6-3-4-7(11)13-8(6)14/h3-4H,5H2,1-2H3,(H2,12,15)(H,13,14). The van der Waals surface area contributed by atoms with Gasteiger partial charge in [-0.25, -0.2) is 4.79 Å². The molecule has 5 nitrogen and oxygen atoms in total. The lowest BCUT2D eigenvalue weighted by atomic mass is 9.99. The second-order valence-corrected chi connectivity index (χ2v) is 4.43. The number of hydrogen-bond acceptors (Lipinski definition) is 3. The first-order valence-corrected chi connectivity index (χ1v) is 5.04. The molecule has 1 aromatic heterocycles. The minimum absolute atomic E-state index is 0.266. The molecule has 16 heavy (non-hydrogen) atoms. The van der Waals surface area contributed by atoms with Gasteiger partial charge in [0.25, 0.3) is 5.56 Å². The highest BCUT2D eigenvalue weighted by Gasteiger charge is 2.23. The van der Waals surface area contributed by atoms with Crippen molar-refractivity contribution in [2.45, 2.75) is 25.9 Å². The molecule has 0 fully saturated rings. The molecule has 0 aliphatic carbocycles. The van der Waals surface area contributed by atoms with Crippen LogP contribution < -0.4 is 11.3 Å². The van der Waals surface area contributed by atoms with Crippen molar-refractivity contribution in [3.63, 3.8) is 0 Å². The van der Waals surface area contributed by atoms with Gasteiger partial charge in [0, 0.05) is 12.0 Å². The van der Waals surface area contributed by atoms with Gasteiger partial charge in [0.15, 0.2) is 0 Å². The normalized spacial score (nSPS) is 11.2. The molecular formula is C10H13ClN2O3. The largest absolute Gasteiger partial charge is 0.443 e. The van der Waals surface area contributed by atoms with Crippen LogP contribution in [-0.4, -0.2) is 16.7 Å². The van der Waals surface area contributed by atoms with Crippen molar-refractivity contribution in [3.8, 4) is 0 Å². The Morgan fingerprint density at radius 1 is 1.56 bits per heavy atom. The maximum Gasteiger partial charge on any atom is 0.405 e. The van der Waals surface area contributed by atoms with E-state index in [9.17, 15) is 9.59 Å². The van der Waals surface area contributed by atoms with Gasteiger partial charge < -0.3 is 15.5 Å². The van der Waals surface area contributed by atoms with E-state index in [1.165, 1.54) is 0 Å². The molecule has 0 spiro atoms. The number of halogens is 1. The SMILES string of the molecule is CC(C)(Cc1ccc(Cl)[nH]c1=O)OC(N)=O. The van der Waals surface area contributed by atoms with Gasteiger partial charge in [-0.05, 0) is 19.9 Å². The van der Waals surface area contributed by atoms with Crippen molar-refractivity contribution in [2.24, 2.45) is 5.73 Å². The Morgan fingerprint density at radius 3 is 2.69 bits per heavy atom. The molecule has 3 N–H and O–H groups in total. The molecule has 0 atom stereocenters. The summed E-state index contributed by atoms with van der Waals surface area (Å²) >= 11 is 5.61. The van der Waals surface area contributed by atoms with Gasteiger partial charge in [0.2, 0.25) is 0 Å². The number of rotatable bonds is 3. The quantitative estimate of drug-likeness (QED) is 0.789. The lowest BCUT2D eigenvalue weighted by Crippen LogP contribution is -2.35. The molecule has 0 radical (unpaired) electrons. The van der Waals surface area contributed by atoms with Crippen LogP contribution in [0.3, 0.4) is 0 Å². The Kier molecular flexibility index (Phi) is 3.59. The van der Waals surface area contributed by atoms with Crippen LogP contribution in [0.15, 0.2) is 16.9 Å². The third kappa shape index (κ3) is 3.58. The molecule has 0 saturated carbocycles. The van der Waals surface area contributed by atoms with Crippen molar-refractivity contribution in [1.29, 1.82) is 0 Å². The molecule has 88 valence electrons. The van der Waals surface area contributed by atoms with Gasteiger partial charge in [-0.3, -0.25) is 4.79 Å². The van der Waals surface area contributed by atoms with Gasteiger partial charge in [-0.2, -0.15) is 0 Å². The predicted octanol–water partition coefficient (Wildman–Crippen LogP) is 1.44. The summed E-state index contributed by atoms with van der Waals surface area (Å²) in [6.45, 7) is 3.34. The van der Waals surface area contributed by atoms with Gasteiger partial charge in [0.05, 0.1) is 0 Å². The number of hydrogen-bond donors (Lipinski definition) is 2. The van der Waals surface area contributed by atoms with Crippen LogP contribution in [0.5, 0.6) is 0 Å². The highest BCUT2D eigenvalue weighted by molar-refractivity contribution is 6.29. The molecule has 1 amide bonds. The molecule has 0 unspecified atom stereocenters. The first kappa shape index (κ1) is 12.6. The summed E-state index contributed by atoms with van der Waals surface area (Å²) < 4.78 is 4.88. The van der Waals surface area contributed by atoms with Crippen LogP contribution in [0.2, 0.25) is 5.15 Å². The molecule has 1 aromatic rings. The number of ether oxygens (including phenoxy) is 1. The third-order valence-corrected chi connectivity index (χ3v) is 2.17. The fourth-order valence-electron chi connectivity index (χ4n) is 1.39. The van der Waals surface area contributed by atoms with Crippen LogP contribution >= 0.6 is 11.6 Å². The third-order valence-electron chi connectivity index (χ3n) is 1.95. The maximum absolute atomic E-state index is 11.5. The molecule has 0 aliphatic heterocycles. The molecule has 1 heterocycles. The topological polar surface area (TPSA) is 85.2 Å². The Balaban J connectivity index is 2.88. The van der Waals surface area contributed by atoms with Crippen molar-refractivity contribution in [1.82, 2.24) is 4.98 Å². The van der Waals surface area contributed by atoms with Crippen LogP contribution in [0.1, 0.15) is 19.4 Å². The first-order chi connectivity index (χ1) is 7.30. The molecule has 6 heteroatoms. The summed E-state index contributed by atoms with van der Waals surface area (Å²) in [6, 6.07) is 3.16. The van der Waals surface area contributed by atoms with Crippen LogP contribution in [0.4, 0.5) is 4.79 Å². The van der Waals surface area contributed by atoms with E-state index in [2.05, 4.69) is 4.98 Å². The van der Waals surface area contributed by atoms with E-state index >= 15 is 0 Å². The lowest BCUT2D eigenvalue weighted by molar-refractivity contribution is 0.0458. The van der Waals surface area contributed by atoms with E-state index in [1.54, 1.807) is 26.0 Å². The maximum atomic E-state index is 11.5. The van der Waals surface area contributed by atoms with Crippen molar-refractivity contribution < 1.29 is 9.53 Å². The second kappa shape index (κ2) is 4.57. The van der Waals surface area contributed by atoms with Gasteiger partial charge in [-0.15, -0.1) is 0 Å². The van der Waals surface area contributed by atoms with E-state index < -0.39 is 11.7 Å². The number of pyridine rings is 1. The molecular weight excluding hydrogens is 232 g/mol. The molecule has 0 bridgehead atoms. The second-order valence-electron chi connectivity index (χ2n) is 4.02. The number of nitrogens with two attached hydrogens (primary N) is 1. The minimum atomic E-state index is -0.865. The first-order valence-electron chi connectivity index (χ1n) is 4.66. The molecule has 0 aromatic carbocycles. The Morgan fingerprint density at radius 2 is 2.19 bits per heavy atom. The number of nitrogens with one attached hydrogen (secondary N) is 1. The smallest absolute Gasteiger partial charge is 0.405 e. The summed E-state index contributed by atoms with van der Waals surface area (Å²) in [5, 5.41) is 0.266. The zero-order chi connectivity index (χ0) is 12.3. The van der Waals surface area contributed by atoms with Crippen LogP contribution in [0, 0.1) is 0 Å². The van der Waals surface area contributed by atoms with E-state index in [4.69, 9.17) is 22.1 Å². The fraction of sp³-hybridized carbons (Fsp3) is 0.400. The number of aromatic nitrogens is 1. The summed E-state index contributed by atoms with van der Waals surface area (Å²) in [5.74, 6) is 0. The van der Waals surface area contributed by atoms with E-state index in [0.717, 1.165) is 0 Å². The average molecular weight is 245 g/mol. The molecule has 0 aliphatic rings. The predicted molar refractivity (Wildman–Crippen MR) is 60.5 cm³/mol. The Hall–Kier alpha value is -1.49. The number of aromatic amines is 1. The number of H-pyrrole nitrogens is 1. The van der Waals surface area contributed by atoms with E-state index in [0.29, 0.717) is 5.56 Å². The fourth-order valence-corrected chi connectivity index (χ4v) is 1.53. The minimum Gasteiger partial charge on any atom is -0.443 e. The summed E-state index contributed by atoms with van der Waals surface area (Å²) in [7, 11) is 0. The highest BCUT2D eigenvalue weighted by atomic mass is 35.5. The number of primary amides is 1. The van der Waals surface area contributed by atoms with Crippen molar-refractivity contribution in [2.75, 3.05) is 0 Å². The Labute approximate surface area is 97.6 Å². The van der Waals surface area contributed by atoms with Crippen LogP contribution in [-0.2, 0) is 11.2 Å². The van der Waals surface area contributed by atoms with E-state index in [1.807, 2.05) is 0 Å². The van der Waals surface area contributed by atoms with Gasteiger partial charge in [0.1, 0.15) is 10.8 Å². The number of carbonyl (C=O) groups excluding carboxylic acids is 1.